The van der Waals surface area contributed by atoms with Crippen molar-refractivity contribution in [3.8, 4) is 16.9 Å². The third-order valence-electron chi connectivity index (χ3n) is 3.39. The summed E-state index contributed by atoms with van der Waals surface area (Å²) in [4.78, 5) is 11.2. The fourth-order valence-corrected chi connectivity index (χ4v) is 2.90. The van der Waals surface area contributed by atoms with Gasteiger partial charge in [-0.1, -0.05) is 42.5 Å². The van der Waals surface area contributed by atoms with Crippen molar-refractivity contribution in [2.75, 3.05) is 0 Å². The van der Waals surface area contributed by atoms with Gasteiger partial charge in [0.15, 0.2) is 0 Å². The Morgan fingerprint density at radius 3 is 2.33 bits per heavy atom. The van der Waals surface area contributed by atoms with Crippen molar-refractivity contribution in [2.24, 2.45) is 0 Å². The van der Waals surface area contributed by atoms with Gasteiger partial charge in [-0.25, -0.2) is 4.79 Å². The van der Waals surface area contributed by atoms with Crippen LogP contribution >= 0.6 is 15.9 Å². The van der Waals surface area contributed by atoms with E-state index in [-0.39, 0.29) is 11.3 Å². The van der Waals surface area contributed by atoms with Crippen LogP contribution < -0.4 is 0 Å². The van der Waals surface area contributed by atoms with Crippen molar-refractivity contribution in [2.45, 2.75) is 0 Å². The Morgan fingerprint density at radius 1 is 0.952 bits per heavy atom. The Labute approximate surface area is 129 Å². The highest BCUT2D eigenvalue weighted by Crippen LogP contribution is 2.37. The lowest BCUT2D eigenvalue weighted by Crippen LogP contribution is -1.97. The second-order valence-electron chi connectivity index (χ2n) is 4.69. The van der Waals surface area contributed by atoms with Gasteiger partial charge in [0.05, 0.1) is 4.47 Å². The van der Waals surface area contributed by atoms with Crippen LogP contribution in [0.15, 0.2) is 59.1 Å². The normalized spacial score (nSPS) is 10.7. The maximum Gasteiger partial charge on any atom is 0.339 e. The summed E-state index contributed by atoms with van der Waals surface area (Å²) in [7, 11) is 0. The zero-order valence-corrected chi connectivity index (χ0v) is 12.5. The molecule has 0 spiro atoms. The summed E-state index contributed by atoms with van der Waals surface area (Å²) in [6.07, 6.45) is 0. The molecule has 0 aromatic heterocycles. The van der Waals surface area contributed by atoms with Crippen LogP contribution in [0.3, 0.4) is 0 Å². The summed E-state index contributed by atoms with van der Waals surface area (Å²) in [5.41, 5.74) is 1.94. The molecular weight excluding hydrogens is 332 g/mol. The molecule has 0 saturated carbocycles. The van der Waals surface area contributed by atoms with Gasteiger partial charge in [0.25, 0.3) is 0 Å². The molecule has 0 unspecified atom stereocenters. The Morgan fingerprint density at radius 2 is 1.67 bits per heavy atom. The first kappa shape index (κ1) is 13.6. The maximum atomic E-state index is 11.2. The number of hydrogen-bond donors (Lipinski definition) is 2. The van der Waals surface area contributed by atoms with E-state index in [1.54, 1.807) is 0 Å². The second kappa shape index (κ2) is 5.22. The number of halogens is 1. The number of carboxylic acids is 1. The number of aromatic carboxylic acids is 1. The topological polar surface area (TPSA) is 57.5 Å². The Balaban J connectivity index is 2.27. The minimum atomic E-state index is -1.15. The third kappa shape index (κ3) is 2.38. The van der Waals surface area contributed by atoms with Gasteiger partial charge in [0.2, 0.25) is 0 Å². The van der Waals surface area contributed by atoms with E-state index >= 15 is 0 Å². The van der Waals surface area contributed by atoms with Crippen LogP contribution in [0.5, 0.6) is 5.75 Å². The van der Waals surface area contributed by atoms with E-state index in [0.717, 1.165) is 21.9 Å². The molecule has 0 heterocycles. The van der Waals surface area contributed by atoms with Crippen LogP contribution in [0.25, 0.3) is 21.9 Å². The number of rotatable bonds is 2. The number of fused-ring (bicyclic) bond motifs is 1. The van der Waals surface area contributed by atoms with E-state index in [0.29, 0.717) is 4.47 Å². The Hall–Kier alpha value is -2.33. The number of carbonyl (C=O) groups is 1. The molecular formula is C17H11BrO3. The van der Waals surface area contributed by atoms with E-state index in [1.807, 2.05) is 48.5 Å². The number of benzene rings is 3. The average molecular weight is 343 g/mol. The molecule has 0 saturated heterocycles. The highest BCUT2D eigenvalue weighted by atomic mass is 79.9. The predicted octanol–water partition coefficient (Wildman–Crippen LogP) is 4.67. The maximum absolute atomic E-state index is 11.2. The zero-order chi connectivity index (χ0) is 15.0. The SMILES string of the molecule is O=C(O)c1cc2cc(-c3ccccc3)ccc2c(Br)c1O. The van der Waals surface area contributed by atoms with Gasteiger partial charge in [-0.05, 0) is 50.0 Å². The van der Waals surface area contributed by atoms with Gasteiger partial charge in [-0.15, -0.1) is 0 Å². The molecule has 0 amide bonds. The monoisotopic (exact) mass is 342 g/mol. The Kier molecular flexibility index (Phi) is 3.39. The van der Waals surface area contributed by atoms with Crippen LogP contribution in [0.1, 0.15) is 10.4 Å². The largest absolute Gasteiger partial charge is 0.506 e. The minimum absolute atomic E-state index is 0.111. The van der Waals surface area contributed by atoms with Crippen LogP contribution in [0.2, 0.25) is 0 Å². The predicted molar refractivity (Wildman–Crippen MR) is 85.7 cm³/mol. The van der Waals surface area contributed by atoms with Crippen molar-refractivity contribution in [1.82, 2.24) is 0 Å². The van der Waals surface area contributed by atoms with Crippen LogP contribution in [-0.4, -0.2) is 16.2 Å². The lowest BCUT2D eigenvalue weighted by atomic mass is 9.99. The van der Waals surface area contributed by atoms with E-state index in [2.05, 4.69) is 15.9 Å². The average Bonchev–Trinajstić information content (AvgIpc) is 2.51. The highest BCUT2D eigenvalue weighted by Gasteiger charge is 2.16. The first-order chi connectivity index (χ1) is 10.1. The van der Waals surface area contributed by atoms with Gasteiger partial charge in [-0.2, -0.15) is 0 Å². The van der Waals surface area contributed by atoms with Crippen LogP contribution in [-0.2, 0) is 0 Å². The number of phenols is 1. The minimum Gasteiger partial charge on any atom is -0.506 e. The summed E-state index contributed by atoms with van der Waals surface area (Å²) in [5, 5.41) is 20.6. The summed E-state index contributed by atoms with van der Waals surface area (Å²) in [5.74, 6) is -1.40. The van der Waals surface area contributed by atoms with Gasteiger partial charge in [-0.3, -0.25) is 0 Å². The van der Waals surface area contributed by atoms with Crippen molar-refractivity contribution < 1.29 is 15.0 Å². The van der Waals surface area contributed by atoms with Crippen LogP contribution in [0.4, 0.5) is 0 Å². The van der Waals surface area contributed by atoms with Crippen molar-refractivity contribution in [3.05, 3.63) is 64.6 Å². The smallest absolute Gasteiger partial charge is 0.339 e. The Bertz CT molecular complexity index is 842. The molecule has 104 valence electrons. The van der Waals surface area contributed by atoms with Crippen molar-refractivity contribution in [1.29, 1.82) is 0 Å². The fourth-order valence-electron chi connectivity index (χ4n) is 2.32. The fraction of sp³-hybridized carbons (Fsp3) is 0. The summed E-state index contributed by atoms with van der Waals surface area (Å²) < 4.78 is 0.400. The summed E-state index contributed by atoms with van der Waals surface area (Å²) in [6.45, 7) is 0. The standard InChI is InChI=1S/C17H11BrO3/c18-15-13-7-6-11(10-4-2-1-3-5-10)8-12(13)9-14(16(15)19)17(20)21/h1-9,19H,(H,20,21). The molecule has 0 fully saturated rings. The van der Waals surface area contributed by atoms with E-state index < -0.39 is 5.97 Å². The number of hydrogen-bond acceptors (Lipinski definition) is 2. The highest BCUT2D eigenvalue weighted by molar-refractivity contribution is 9.10. The number of carboxylic acid groups (broad SMARTS) is 1. The number of aromatic hydroxyl groups is 1. The molecule has 0 atom stereocenters. The molecule has 3 aromatic rings. The van der Waals surface area contributed by atoms with E-state index in [4.69, 9.17) is 5.11 Å². The molecule has 3 rings (SSSR count). The van der Waals surface area contributed by atoms with Gasteiger partial charge < -0.3 is 10.2 Å². The summed E-state index contributed by atoms with van der Waals surface area (Å²) in [6, 6.07) is 17.1. The lowest BCUT2D eigenvalue weighted by Gasteiger charge is -2.09. The molecule has 0 aliphatic rings. The van der Waals surface area contributed by atoms with Crippen molar-refractivity contribution >= 4 is 32.7 Å². The second-order valence-corrected chi connectivity index (χ2v) is 5.49. The van der Waals surface area contributed by atoms with Gasteiger partial charge >= 0.3 is 5.97 Å². The quantitative estimate of drug-likeness (QED) is 0.711. The molecule has 3 aromatic carbocycles. The van der Waals surface area contributed by atoms with E-state index in [9.17, 15) is 9.90 Å². The first-order valence-corrected chi connectivity index (χ1v) is 7.11. The first-order valence-electron chi connectivity index (χ1n) is 6.32. The third-order valence-corrected chi connectivity index (χ3v) is 4.19. The van der Waals surface area contributed by atoms with Gasteiger partial charge in [0, 0.05) is 0 Å². The molecule has 3 nitrogen and oxygen atoms in total. The molecule has 21 heavy (non-hydrogen) atoms. The molecule has 0 aliphatic carbocycles. The van der Waals surface area contributed by atoms with E-state index in [1.165, 1.54) is 6.07 Å². The molecule has 0 bridgehead atoms. The van der Waals surface area contributed by atoms with Crippen molar-refractivity contribution in [3.63, 3.8) is 0 Å². The molecule has 0 aliphatic heterocycles. The molecule has 0 radical (unpaired) electrons. The molecule has 4 heteroatoms. The van der Waals surface area contributed by atoms with Crippen LogP contribution in [0, 0.1) is 0 Å². The van der Waals surface area contributed by atoms with Gasteiger partial charge in [0.1, 0.15) is 11.3 Å². The lowest BCUT2D eigenvalue weighted by molar-refractivity contribution is 0.0694. The summed E-state index contributed by atoms with van der Waals surface area (Å²) >= 11 is 3.27. The molecule has 2 N–H and O–H groups in total. The zero-order valence-electron chi connectivity index (χ0n) is 10.9.